The van der Waals surface area contributed by atoms with E-state index < -0.39 is 0 Å². The van der Waals surface area contributed by atoms with Gasteiger partial charge in [0.1, 0.15) is 0 Å². The molecular formula is C19H24N4O3. The molecule has 1 atom stereocenters. The molecule has 7 nitrogen and oxygen atoms in total. The number of likely N-dealkylation sites (tertiary alicyclic amines) is 1. The Balaban J connectivity index is 1.39. The van der Waals surface area contributed by atoms with E-state index in [9.17, 15) is 14.4 Å². The quantitative estimate of drug-likeness (QED) is 0.863. The average Bonchev–Trinajstić information content (AvgIpc) is 3.42. The molecule has 7 heteroatoms. The maximum absolute atomic E-state index is 12.7. The van der Waals surface area contributed by atoms with E-state index in [0.717, 1.165) is 37.9 Å². The van der Waals surface area contributed by atoms with Crippen LogP contribution in [-0.2, 0) is 9.59 Å². The Morgan fingerprint density at radius 2 is 1.96 bits per heavy atom. The zero-order valence-corrected chi connectivity index (χ0v) is 14.7. The van der Waals surface area contributed by atoms with Gasteiger partial charge in [-0.2, -0.15) is 0 Å². The third-order valence-corrected chi connectivity index (χ3v) is 5.31. The molecule has 4 rings (SSSR count). The molecule has 1 saturated carbocycles. The predicted molar refractivity (Wildman–Crippen MR) is 97.8 cm³/mol. The third-order valence-electron chi connectivity index (χ3n) is 5.31. The number of urea groups is 1. The summed E-state index contributed by atoms with van der Waals surface area (Å²) in [5.74, 6) is 0.177. The molecule has 26 heavy (non-hydrogen) atoms. The Morgan fingerprint density at radius 1 is 1.12 bits per heavy atom. The summed E-state index contributed by atoms with van der Waals surface area (Å²) in [6, 6.07) is 7.22. The first kappa shape index (κ1) is 16.9. The molecule has 138 valence electrons. The van der Waals surface area contributed by atoms with Crippen molar-refractivity contribution in [3.63, 3.8) is 0 Å². The summed E-state index contributed by atoms with van der Waals surface area (Å²) in [6.07, 6.45) is 3.64. The van der Waals surface area contributed by atoms with E-state index in [1.54, 1.807) is 4.90 Å². The van der Waals surface area contributed by atoms with E-state index in [1.807, 2.05) is 29.2 Å². The lowest BCUT2D eigenvalue weighted by atomic mass is 9.96. The fourth-order valence-electron chi connectivity index (χ4n) is 3.69. The van der Waals surface area contributed by atoms with E-state index >= 15 is 0 Å². The van der Waals surface area contributed by atoms with Crippen molar-refractivity contribution >= 4 is 29.2 Å². The van der Waals surface area contributed by atoms with Crippen LogP contribution in [0.5, 0.6) is 0 Å². The minimum absolute atomic E-state index is 0.0543. The Bertz CT molecular complexity index is 731. The number of nitrogens with zero attached hydrogens (tertiary/aromatic N) is 2. The topological polar surface area (TPSA) is 81.8 Å². The van der Waals surface area contributed by atoms with Crippen molar-refractivity contribution in [1.29, 1.82) is 0 Å². The van der Waals surface area contributed by atoms with Crippen molar-refractivity contribution < 1.29 is 14.4 Å². The maximum atomic E-state index is 12.7. The summed E-state index contributed by atoms with van der Waals surface area (Å²) >= 11 is 0. The highest BCUT2D eigenvalue weighted by molar-refractivity contribution is 5.97. The summed E-state index contributed by atoms with van der Waals surface area (Å²) in [5, 5.41) is 5.73. The Kier molecular flexibility index (Phi) is 4.53. The van der Waals surface area contributed by atoms with Crippen LogP contribution in [0.25, 0.3) is 0 Å². The molecule has 3 fully saturated rings. The molecule has 0 aromatic heterocycles. The largest absolute Gasteiger partial charge is 0.342 e. The van der Waals surface area contributed by atoms with E-state index in [0.29, 0.717) is 25.3 Å². The van der Waals surface area contributed by atoms with Gasteiger partial charge in [0, 0.05) is 43.5 Å². The second kappa shape index (κ2) is 6.97. The Hall–Kier alpha value is -2.57. The highest BCUT2D eigenvalue weighted by Crippen LogP contribution is 2.32. The fourth-order valence-corrected chi connectivity index (χ4v) is 3.69. The number of nitrogens with one attached hydrogen (secondary N) is 2. The van der Waals surface area contributed by atoms with Gasteiger partial charge < -0.3 is 15.5 Å². The molecular weight excluding hydrogens is 332 g/mol. The summed E-state index contributed by atoms with van der Waals surface area (Å²) in [5.41, 5.74) is 1.45. The van der Waals surface area contributed by atoms with Crippen molar-refractivity contribution in [3.8, 4) is 0 Å². The number of piperidine rings is 1. The second-order valence-corrected chi connectivity index (χ2v) is 7.32. The van der Waals surface area contributed by atoms with Crippen LogP contribution in [0.15, 0.2) is 24.3 Å². The molecule has 3 aliphatic rings. The van der Waals surface area contributed by atoms with Crippen LogP contribution in [-0.4, -0.2) is 48.9 Å². The lowest BCUT2D eigenvalue weighted by Gasteiger charge is -2.32. The Labute approximate surface area is 152 Å². The van der Waals surface area contributed by atoms with Crippen LogP contribution in [0.4, 0.5) is 16.2 Å². The minimum Gasteiger partial charge on any atom is -0.342 e. The van der Waals surface area contributed by atoms with Crippen molar-refractivity contribution in [2.24, 2.45) is 11.8 Å². The van der Waals surface area contributed by atoms with E-state index in [-0.39, 0.29) is 29.7 Å². The van der Waals surface area contributed by atoms with Crippen LogP contribution < -0.4 is 15.5 Å². The van der Waals surface area contributed by atoms with Gasteiger partial charge in [-0.05, 0) is 43.9 Å². The molecule has 2 aliphatic heterocycles. The molecule has 4 amide bonds. The molecule has 1 aromatic rings. The zero-order chi connectivity index (χ0) is 18.1. The normalized spacial score (nSPS) is 22.9. The van der Waals surface area contributed by atoms with Crippen molar-refractivity contribution in [1.82, 2.24) is 10.2 Å². The summed E-state index contributed by atoms with van der Waals surface area (Å²) in [6.45, 7) is 2.52. The van der Waals surface area contributed by atoms with Crippen molar-refractivity contribution in [3.05, 3.63) is 24.3 Å². The smallest absolute Gasteiger partial charge is 0.321 e. The summed E-state index contributed by atoms with van der Waals surface area (Å²) in [4.78, 5) is 40.3. The summed E-state index contributed by atoms with van der Waals surface area (Å²) < 4.78 is 0. The molecule has 0 bridgehead atoms. The first-order chi connectivity index (χ1) is 12.6. The van der Waals surface area contributed by atoms with Gasteiger partial charge in [-0.1, -0.05) is 6.07 Å². The minimum atomic E-state index is -0.176. The predicted octanol–water partition coefficient (Wildman–Crippen LogP) is 1.80. The molecule has 0 radical (unpaired) electrons. The van der Waals surface area contributed by atoms with Crippen molar-refractivity contribution in [2.45, 2.75) is 25.7 Å². The highest BCUT2D eigenvalue weighted by Gasteiger charge is 2.36. The van der Waals surface area contributed by atoms with Gasteiger partial charge in [-0.25, -0.2) is 4.79 Å². The van der Waals surface area contributed by atoms with Crippen LogP contribution in [0.3, 0.4) is 0 Å². The fraction of sp³-hybridized carbons (Fsp3) is 0.526. The van der Waals surface area contributed by atoms with Gasteiger partial charge in [0.2, 0.25) is 11.8 Å². The molecule has 2 N–H and O–H groups in total. The van der Waals surface area contributed by atoms with Gasteiger partial charge >= 0.3 is 6.03 Å². The lowest BCUT2D eigenvalue weighted by molar-refractivity contribution is -0.135. The number of rotatable bonds is 4. The van der Waals surface area contributed by atoms with Crippen LogP contribution >= 0.6 is 0 Å². The number of hydrogen-bond donors (Lipinski definition) is 2. The van der Waals surface area contributed by atoms with E-state index in [1.165, 1.54) is 0 Å². The number of carbonyl (C=O) groups is 3. The zero-order valence-electron chi connectivity index (χ0n) is 14.7. The van der Waals surface area contributed by atoms with Gasteiger partial charge in [0.05, 0.1) is 5.92 Å². The number of anilines is 2. The average molecular weight is 356 g/mol. The first-order valence-electron chi connectivity index (χ1n) is 9.37. The number of benzene rings is 1. The van der Waals surface area contributed by atoms with Gasteiger partial charge in [-0.3, -0.25) is 14.5 Å². The lowest BCUT2D eigenvalue weighted by Crippen LogP contribution is -2.44. The molecule has 2 saturated heterocycles. The van der Waals surface area contributed by atoms with Crippen LogP contribution in [0.2, 0.25) is 0 Å². The van der Waals surface area contributed by atoms with Gasteiger partial charge in [-0.15, -0.1) is 0 Å². The third kappa shape index (κ3) is 3.52. The van der Waals surface area contributed by atoms with Gasteiger partial charge in [0.25, 0.3) is 0 Å². The second-order valence-electron chi connectivity index (χ2n) is 7.32. The van der Waals surface area contributed by atoms with E-state index in [4.69, 9.17) is 0 Å². The molecule has 2 heterocycles. The Morgan fingerprint density at radius 3 is 2.69 bits per heavy atom. The van der Waals surface area contributed by atoms with Crippen LogP contribution in [0.1, 0.15) is 25.7 Å². The summed E-state index contributed by atoms with van der Waals surface area (Å²) in [7, 11) is 0. The first-order valence-corrected chi connectivity index (χ1v) is 9.37. The maximum Gasteiger partial charge on any atom is 0.321 e. The molecule has 0 spiro atoms. The highest BCUT2D eigenvalue weighted by atomic mass is 16.2. The number of amides is 4. The SMILES string of the molecule is O=C(Nc1cccc(N2CCNC2=O)c1)C1CCCN(C(=O)C2CC2)C1. The monoisotopic (exact) mass is 356 g/mol. The molecule has 1 aromatic carbocycles. The van der Waals surface area contributed by atoms with Crippen LogP contribution in [0, 0.1) is 11.8 Å². The number of hydrogen-bond acceptors (Lipinski definition) is 3. The van der Waals surface area contributed by atoms with E-state index in [2.05, 4.69) is 10.6 Å². The molecule has 1 aliphatic carbocycles. The van der Waals surface area contributed by atoms with Gasteiger partial charge in [0.15, 0.2) is 0 Å². The number of carbonyl (C=O) groups excluding carboxylic acids is 3. The van der Waals surface area contributed by atoms with Crippen molar-refractivity contribution in [2.75, 3.05) is 36.4 Å². The molecule has 1 unspecified atom stereocenters. The standard InChI is InChI=1S/C19H24N4O3/c24-17(14-3-2-9-22(12-14)18(25)13-6-7-13)21-15-4-1-5-16(11-15)23-10-8-20-19(23)26/h1,4-5,11,13-14H,2-3,6-10,12H2,(H,20,26)(H,21,24).